The van der Waals surface area contributed by atoms with E-state index < -0.39 is 0 Å². The molecule has 4 N–H and O–H groups in total. The lowest BCUT2D eigenvalue weighted by atomic mass is 10.1. The zero-order chi connectivity index (χ0) is 11.0. The molecule has 0 aliphatic heterocycles. The van der Waals surface area contributed by atoms with Gasteiger partial charge in [-0.3, -0.25) is 4.68 Å². The molecular weight excluding hydrogens is 188 g/mol. The molecule has 15 heavy (non-hydrogen) atoms. The Morgan fingerprint density at radius 1 is 1.27 bits per heavy atom. The largest absolute Gasteiger partial charge is 0.398 e. The van der Waals surface area contributed by atoms with E-state index in [2.05, 4.69) is 5.10 Å². The number of anilines is 2. The molecule has 0 saturated carbocycles. The number of rotatable bonds is 1. The molecule has 0 bridgehead atoms. The molecule has 0 spiro atoms. The van der Waals surface area contributed by atoms with Crippen LogP contribution in [0.15, 0.2) is 24.4 Å². The number of nitrogens with zero attached hydrogens (tertiary/aromatic N) is 2. The third-order valence-corrected chi connectivity index (χ3v) is 2.57. The molecule has 0 radical (unpaired) electrons. The molecule has 0 aliphatic rings. The van der Waals surface area contributed by atoms with Gasteiger partial charge in [0.05, 0.1) is 6.20 Å². The molecule has 2 rings (SSSR count). The summed E-state index contributed by atoms with van der Waals surface area (Å²) in [6.45, 7) is 1.98. The predicted molar refractivity (Wildman–Crippen MR) is 62.2 cm³/mol. The number of nitrogen functional groups attached to an aromatic ring is 2. The highest BCUT2D eigenvalue weighted by atomic mass is 15.3. The minimum Gasteiger partial charge on any atom is -0.398 e. The van der Waals surface area contributed by atoms with E-state index in [0.29, 0.717) is 5.82 Å². The van der Waals surface area contributed by atoms with E-state index in [1.165, 1.54) is 0 Å². The van der Waals surface area contributed by atoms with Gasteiger partial charge in [-0.05, 0) is 24.1 Å². The van der Waals surface area contributed by atoms with Gasteiger partial charge in [0.25, 0.3) is 0 Å². The number of nitrogens with two attached hydrogens (primary N) is 2. The third-order valence-electron chi connectivity index (χ3n) is 2.57. The van der Waals surface area contributed by atoms with Gasteiger partial charge in [0, 0.05) is 18.3 Å². The second-order valence-corrected chi connectivity index (χ2v) is 3.64. The fourth-order valence-corrected chi connectivity index (χ4v) is 1.48. The minimum absolute atomic E-state index is 0.651. The van der Waals surface area contributed by atoms with Gasteiger partial charge in [-0.25, -0.2) is 0 Å². The van der Waals surface area contributed by atoms with Crippen molar-refractivity contribution >= 4 is 11.5 Å². The summed E-state index contributed by atoms with van der Waals surface area (Å²) in [7, 11) is 1.82. The molecule has 0 unspecified atom stereocenters. The average molecular weight is 202 g/mol. The molecule has 0 amide bonds. The summed E-state index contributed by atoms with van der Waals surface area (Å²) in [6.07, 6.45) is 1.75. The number of benzene rings is 1. The molecule has 1 aromatic carbocycles. The lowest BCUT2D eigenvalue weighted by molar-refractivity contribution is 0.779. The van der Waals surface area contributed by atoms with Crippen LogP contribution in [-0.2, 0) is 7.05 Å². The Bertz CT molecular complexity index is 499. The van der Waals surface area contributed by atoms with E-state index in [1.54, 1.807) is 10.9 Å². The van der Waals surface area contributed by atoms with Crippen molar-refractivity contribution in [2.24, 2.45) is 7.05 Å². The summed E-state index contributed by atoms with van der Waals surface area (Å²) < 4.78 is 1.64. The number of hydrogen-bond donors (Lipinski definition) is 2. The Morgan fingerprint density at radius 3 is 2.53 bits per heavy atom. The number of hydrogen-bond acceptors (Lipinski definition) is 3. The first kappa shape index (κ1) is 9.58. The smallest absolute Gasteiger partial charge is 0.129 e. The molecule has 4 nitrogen and oxygen atoms in total. The van der Waals surface area contributed by atoms with Crippen LogP contribution in [0, 0.1) is 6.92 Å². The van der Waals surface area contributed by atoms with Crippen LogP contribution in [0.3, 0.4) is 0 Å². The zero-order valence-electron chi connectivity index (χ0n) is 8.86. The van der Waals surface area contributed by atoms with E-state index in [-0.39, 0.29) is 0 Å². The lowest BCUT2D eigenvalue weighted by Gasteiger charge is -2.04. The summed E-state index contributed by atoms with van der Waals surface area (Å²) in [5.41, 5.74) is 15.5. The van der Waals surface area contributed by atoms with Crippen LogP contribution in [0.1, 0.15) is 5.56 Å². The molecule has 0 fully saturated rings. The highest BCUT2D eigenvalue weighted by Crippen LogP contribution is 2.27. The van der Waals surface area contributed by atoms with Crippen molar-refractivity contribution in [2.45, 2.75) is 6.92 Å². The van der Waals surface area contributed by atoms with Crippen LogP contribution in [-0.4, -0.2) is 9.78 Å². The second-order valence-electron chi connectivity index (χ2n) is 3.64. The first-order valence-electron chi connectivity index (χ1n) is 4.73. The molecule has 1 heterocycles. The summed E-state index contributed by atoms with van der Waals surface area (Å²) in [5, 5.41) is 4.10. The molecule has 78 valence electrons. The van der Waals surface area contributed by atoms with Crippen LogP contribution >= 0.6 is 0 Å². The average Bonchev–Trinajstić information content (AvgIpc) is 2.53. The van der Waals surface area contributed by atoms with Gasteiger partial charge in [-0.2, -0.15) is 5.10 Å². The standard InChI is InChI=1S/C11H14N4/c1-7-3-4-8(5-10(7)12)9-6-14-15(2)11(9)13/h3-6H,12-13H2,1-2H3. The Balaban J connectivity index is 2.55. The summed E-state index contributed by atoms with van der Waals surface area (Å²) in [5.74, 6) is 0.651. The first-order chi connectivity index (χ1) is 7.09. The Morgan fingerprint density at radius 2 is 2.00 bits per heavy atom. The van der Waals surface area contributed by atoms with E-state index >= 15 is 0 Å². The van der Waals surface area contributed by atoms with Crippen molar-refractivity contribution in [3.8, 4) is 11.1 Å². The van der Waals surface area contributed by atoms with Gasteiger partial charge in [0.1, 0.15) is 5.82 Å². The maximum Gasteiger partial charge on any atom is 0.129 e. The Labute approximate surface area is 88.5 Å². The quantitative estimate of drug-likeness (QED) is 0.689. The van der Waals surface area contributed by atoms with Crippen LogP contribution in [0.4, 0.5) is 11.5 Å². The monoisotopic (exact) mass is 202 g/mol. The van der Waals surface area contributed by atoms with Gasteiger partial charge in [-0.1, -0.05) is 12.1 Å². The van der Waals surface area contributed by atoms with E-state index in [4.69, 9.17) is 11.5 Å². The summed E-state index contributed by atoms with van der Waals surface area (Å²) in [4.78, 5) is 0. The van der Waals surface area contributed by atoms with Gasteiger partial charge in [0.15, 0.2) is 0 Å². The maximum atomic E-state index is 5.88. The van der Waals surface area contributed by atoms with Gasteiger partial charge in [0.2, 0.25) is 0 Å². The van der Waals surface area contributed by atoms with Crippen LogP contribution in [0.5, 0.6) is 0 Å². The van der Waals surface area contributed by atoms with Gasteiger partial charge < -0.3 is 11.5 Å². The minimum atomic E-state index is 0.651. The van der Waals surface area contributed by atoms with Gasteiger partial charge in [-0.15, -0.1) is 0 Å². The van der Waals surface area contributed by atoms with Crippen molar-refractivity contribution < 1.29 is 0 Å². The van der Waals surface area contributed by atoms with Crippen molar-refractivity contribution in [1.29, 1.82) is 0 Å². The molecule has 1 aromatic heterocycles. The second kappa shape index (κ2) is 3.31. The van der Waals surface area contributed by atoms with Crippen LogP contribution in [0.25, 0.3) is 11.1 Å². The Hall–Kier alpha value is -1.97. The highest BCUT2D eigenvalue weighted by molar-refractivity contribution is 5.76. The third kappa shape index (κ3) is 1.54. The fourth-order valence-electron chi connectivity index (χ4n) is 1.48. The maximum absolute atomic E-state index is 5.88. The van der Waals surface area contributed by atoms with E-state index in [0.717, 1.165) is 22.4 Å². The predicted octanol–water partition coefficient (Wildman–Crippen LogP) is 1.56. The number of aryl methyl sites for hydroxylation is 2. The Kier molecular flexibility index (Phi) is 2.11. The molecule has 4 heteroatoms. The zero-order valence-corrected chi connectivity index (χ0v) is 8.86. The normalized spacial score (nSPS) is 10.5. The van der Waals surface area contributed by atoms with E-state index in [9.17, 15) is 0 Å². The highest BCUT2D eigenvalue weighted by Gasteiger charge is 2.07. The van der Waals surface area contributed by atoms with E-state index in [1.807, 2.05) is 32.2 Å². The molecule has 0 atom stereocenters. The lowest BCUT2D eigenvalue weighted by Crippen LogP contribution is -1.98. The SMILES string of the molecule is Cc1ccc(-c2cnn(C)c2N)cc1N. The number of aromatic nitrogens is 2. The molecule has 0 saturated heterocycles. The van der Waals surface area contributed by atoms with Gasteiger partial charge >= 0.3 is 0 Å². The summed E-state index contributed by atoms with van der Waals surface area (Å²) in [6, 6.07) is 5.90. The molecule has 0 aliphatic carbocycles. The topological polar surface area (TPSA) is 69.9 Å². The summed E-state index contributed by atoms with van der Waals surface area (Å²) >= 11 is 0. The van der Waals surface area contributed by atoms with Crippen LogP contribution in [0.2, 0.25) is 0 Å². The van der Waals surface area contributed by atoms with Crippen LogP contribution < -0.4 is 11.5 Å². The first-order valence-corrected chi connectivity index (χ1v) is 4.73. The molecular formula is C11H14N4. The van der Waals surface area contributed by atoms with Crippen molar-refractivity contribution in [1.82, 2.24) is 9.78 Å². The fraction of sp³-hybridized carbons (Fsp3) is 0.182. The van der Waals surface area contributed by atoms with Crippen molar-refractivity contribution in [3.05, 3.63) is 30.0 Å². The van der Waals surface area contributed by atoms with Crippen molar-refractivity contribution in [3.63, 3.8) is 0 Å². The molecule has 2 aromatic rings. The van der Waals surface area contributed by atoms with Crippen molar-refractivity contribution in [2.75, 3.05) is 11.5 Å².